The fraction of sp³-hybridized carbons (Fsp3) is 0.375. The van der Waals surface area contributed by atoms with Crippen LogP contribution in [0.3, 0.4) is 0 Å². The normalized spacial score (nSPS) is 18.4. The Morgan fingerprint density at radius 2 is 1.74 bits per heavy atom. The SMILES string of the molecule is CCOC(=O)OC(C)OC(=O)C(CCc1ccccc1)NC1CSC(c2ccc3ccccc3c2)CN(CC(=O)O)C1=O. The number of rotatable bonds is 12. The van der Waals surface area contributed by atoms with E-state index in [1.165, 1.54) is 23.6 Å². The van der Waals surface area contributed by atoms with E-state index in [1.807, 2.05) is 66.7 Å². The number of carboxylic acid groups (broad SMARTS) is 1. The first kappa shape index (κ1) is 31.8. The van der Waals surface area contributed by atoms with Crippen molar-refractivity contribution in [3.8, 4) is 0 Å². The zero-order valence-corrected chi connectivity index (χ0v) is 25.0. The first-order valence-corrected chi connectivity index (χ1v) is 15.2. The first-order valence-electron chi connectivity index (χ1n) is 14.2. The summed E-state index contributed by atoms with van der Waals surface area (Å²) in [4.78, 5) is 51.8. The molecule has 0 aliphatic carbocycles. The Balaban J connectivity index is 1.53. The van der Waals surface area contributed by atoms with Gasteiger partial charge in [-0.3, -0.25) is 19.7 Å². The number of aliphatic carboxylic acids is 1. The maximum atomic E-state index is 13.7. The van der Waals surface area contributed by atoms with Crippen LogP contribution in [0, 0.1) is 0 Å². The zero-order valence-electron chi connectivity index (χ0n) is 24.1. The smallest absolute Gasteiger partial charge is 0.480 e. The number of hydrogen-bond acceptors (Lipinski definition) is 9. The number of carbonyl (C=O) groups excluding carboxylic acids is 3. The lowest BCUT2D eigenvalue weighted by Gasteiger charge is -2.27. The maximum absolute atomic E-state index is 13.7. The lowest BCUT2D eigenvalue weighted by Crippen LogP contribution is -2.54. The number of nitrogens with one attached hydrogen (secondary N) is 1. The summed E-state index contributed by atoms with van der Waals surface area (Å²) in [5.74, 6) is -1.94. The van der Waals surface area contributed by atoms with Gasteiger partial charge >= 0.3 is 18.1 Å². The number of carboxylic acids is 1. The Hall–Kier alpha value is -4.09. The summed E-state index contributed by atoms with van der Waals surface area (Å²) >= 11 is 1.53. The van der Waals surface area contributed by atoms with E-state index in [2.05, 4.69) is 11.4 Å². The number of nitrogens with zero attached hydrogens (tertiary/aromatic N) is 1. The van der Waals surface area contributed by atoms with Crippen LogP contribution >= 0.6 is 11.8 Å². The molecule has 0 saturated carbocycles. The summed E-state index contributed by atoms with van der Waals surface area (Å²) in [7, 11) is 0. The topological polar surface area (TPSA) is 131 Å². The van der Waals surface area contributed by atoms with E-state index in [-0.39, 0.29) is 24.8 Å². The molecule has 0 radical (unpaired) electrons. The summed E-state index contributed by atoms with van der Waals surface area (Å²) in [6.07, 6.45) is -1.38. The summed E-state index contributed by atoms with van der Waals surface area (Å²) in [6.45, 7) is 2.87. The van der Waals surface area contributed by atoms with Crippen molar-refractivity contribution in [3.63, 3.8) is 0 Å². The Kier molecular flexibility index (Phi) is 11.4. The van der Waals surface area contributed by atoms with Gasteiger partial charge in [-0.1, -0.05) is 66.7 Å². The van der Waals surface area contributed by atoms with E-state index in [1.54, 1.807) is 6.92 Å². The number of fused-ring (bicyclic) bond motifs is 1. The van der Waals surface area contributed by atoms with E-state index in [4.69, 9.17) is 14.2 Å². The van der Waals surface area contributed by atoms with Crippen molar-refractivity contribution in [2.24, 2.45) is 0 Å². The highest BCUT2D eigenvalue weighted by Crippen LogP contribution is 2.35. The van der Waals surface area contributed by atoms with Crippen molar-refractivity contribution >= 4 is 46.5 Å². The molecule has 1 heterocycles. The molecular formula is C32H36N2O8S. The molecule has 4 unspecified atom stereocenters. The van der Waals surface area contributed by atoms with Crippen LogP contribution in [0.15, 0.2) is 72.8 Å². The van der Waals surface area contributed by atoms with Gasteiger partial charge in [-0.25, -0.2) is 4.79 Å². The number of thioether (sulfide) groups is 1. The molecule has 43 heavy (non-hydrogen) atoms. The number of amides is 1. The molecule has 1 saturated heterocycles. The minimum Gasteiger partial charge on any atom is -0.480 e. The Bertz CT molecular complexity index is 1420. The van der Waals surface area contributed by atoms with Crippen LogP contribution in [0.5, 0.6) is 0 Å². The molecule has 1 aliphatic heterocycles. The predicted molar refractivity (Wildman–Crippen MR) is 162 cm³/mol. The zero-order chi connectivity index (χ0) is 30.8. The van der Waals surface area contributed by atoms with Crippen LogP contribution < -0.4 is 5.32 Å². The van der Waals surface area contributed by atoms with Crippen LogP contribution in [0.25, 0.3) is 10.8 Å². The summed E-state index contributed by atoms with van der Waals surface area (Å²) < 4.78 is 15.1. The van der Waals surface area contributed by atoms with Crippen LogP contribution in [-0.2, 0) is 35.0 Å². The molecule has 2 N–H and O–H groups in total. The largest absolute Gasteiger partial charge is 0.511 e. The quantitative estimate of drug-likeness (QED) is 0.223. The monoisotopic (exact) mass is 608 g/mol. The van der Waals surface area contributed by atoms with Crippen LogP contribution in [0.1, 0.15) is 36.6 Å². The fourth-order valence-corrected chi connectivity index (χ4v) is 6.19. The van der Waals surface area contributed by atoms with Gasteiger partial charge in [0.1, 0.15) is 12.6 Å². The van der Waals surface area contributed by atoms with Crippen LogP contribution in [0.2, 0.25) is 0 Å². The van der Waals surface area contributed by atoms with Crippen molar-refractivity contribution in [2.75, 3.05) is 25.4 Å². The number of benzene rings is 3. The van der Waals surface area contributed by atoms with E-state index in [0.29, 0.717) is 12.2 Å². The van der Waals surface area contributed by atoms with Crippen molar-refractivity contribution in [3.05, 3.63) is 83.9 Å². The molecule has 4 rings (SSSR count). The highest BCUT2D eigenvalue weighted by Gasteiger charge is 2.36. The van der Waals surface area contributed by atoms with Crippen molar-refractivity contribution < 1.29 is 38.5 Å². The number of ether oxygens (including phenoxy) is 3. The molecule has 4 atom stereocenters. The third-order valence-corrected chi connectivity index (χ3v) is 8.34. The minimum atomic E-state index is -1.22. The molecule has 11 heteroatoms. The lowest BCUT2D eigenvalue weighted by molar-refractivity contribution is -0.171. The van der Waals surface area contributed by atoms with Gasteiger partial charge in [0.25, 0.3) is 0 Å². The molecule has 10 nitrogen and oxygen atoms in total. The van der Waals surface area contributed by atoms with Gasteiger partial charge in [0.05, 0.1) is 12.6 Å². The van der Waals surface area contributed by atoms with E-state index >= 15 is 0 Å². The Morgan fingerprint density at radius 1 is 1.02 bits per heavy atom. The molecule has 3 aromatic carbocycles. The summed E-state index contributed by atoms with van der Waals surface area (Å²) in [5.41, 5.74) is 1.97. The summed E-state index contributed by atoms with van der Waals surface area (Å²) in [5, 5.41) is 14.7. The highest BCUT2D eigenvalue weighted by molar-refractivity contribution is 7.99. The van der Waals surface area contributed by atoms with E-state index in [0.717, 1.165) is 21.9 Å². The third kappa shape index (κ3) is 9.20. The number of aryl methyl sites for hydroxylation is 1. The average molecular weight is 609 g/mol. The van der Waals surface area contributed by atoms with E-state index in [9.17, 15) is 24.3 Å². The number of esters is 1. The molecule has 1 amide bonds. The van der Waals surface area contributed by atoms with Crippen LogP contribution in [0.4, 0.5) is 4.79 Å². The number of carbonyl (C=O) groups is 4. The van der Waals surface area contributed by atoms with Gasteiger partial charge in [0.2, 0.25) is 12.2 Å². The third-order valence-electron chi connectivity index (χ3n) is 6.99. The maximum Gasteiger partial charge on any atom is 0.511 e. The standard InChI is InChI=1S/C32H36N2O8S/c1-3-40-32(39)42-21(2)41-31(38)26(16-13-22-9-5-4-6-10-22)33-27-20-43-28(18-34(30(27)37)19-29(35)36)25-15-14-23-11-7-8-12-24(23)17-25/h4-12,14-15,17,21,26-28,33H,3,13,16,18-20H2,1-2H3,(H,35,36). The first-order chi connectivity index (χ1) is 20.7. The molecule has 1 aliphatic rings. The van der Waals surface area contributed by atoms with Gasteiger partial charge in [-0.2, -0.15) is 0 Å². The summed E-state index contributed by atoms with van der Waals surface area (Å²) in [6, 6.07) is 21.8. The average Bonchev–Trinajstić information content (AvgIpc) is 3.13. The predicted octanol–water partition coefficient (Wildman–Crippen LogP) is 4.56. The van der Waals surface area contributed by atoms with Gasteiger partial charge in [0, 0.05) is 24.5 Å². The molecule has 0 bridgehead atoms. The minimum absolute atomic E-state index is 0.106. The Labute approximate surface area is 254 Å². The number of hydrogen-bond donors (Lipinski definition) is 2. The van der Waals surface area contributed by atoms with Gasteiger partial charge < -0.3 is 24.2 Å². The lowest BCUT2D eigenvalue weighted by atomic mass is 10.0. The van der Waals surface area contributed by atoms with Crippen LogP contribution in [-0.4, -0.2) is 77.8 Å². The van der Waals surface area contributed by atoms with Gasteiger partial charge in [0.15, 0.2) is 0 Å². The van der Waals surface area contributed by atoms with Gasteiger partial charge in [-0.05, 0) is 47.7 Å². The van der Waals surface area contributed by atoms with Gasteiger partial charge in [-0.15, -0.1) is 11.8 Å². The second-order valence-electron chi connectivity index (χ2n) is 10.1. The molecular weight excluding hydrogens is 572 g/mol. The van der Waals surface area contributed by atoms with Crippen molar-refractivity contribution in [2.45, 2.75) is 50.3 Å². The second-order valence-corrected chi connectivity index (χ2v) is 11.4. The fourth-order valence-electron chi connectivity index (χ4n) is 4.91. The molecule has 3 aromatic rings. The van der Waals surface area contributed by atoms with E-state index < -0.39 is 48.9 Å². The van der Waals surface area contributed by atoms with Crippen molar-refractivity contribution in [1.29, 1.82) is 0 Å². The molecule has 1 fully saturated rings. The molecule has 0 aromatic heterocycles. The molecule has 228 valence electrons. The Morgan fingerprint density at radius 3 is 2.47 bits per heavy atom. The van der Waals surface area contributed by atoms with Crippen molar-refractivity contribution in [1.82, 2.24) is 10.2 Å². The highest BCUT2D eigenvalue weighted by atomic mass is 32.2. The second kappa shape index (κ2) is 15.4. The molecule has 0 spiro atoms.